The van der Waals surface area contributed by atoms with E-state index in [4.69, 9.17) is 4.74 Å². The van der Waals surface area contributed by atoms with Crippen LogP contribution >= 0.6 is 0 Å². The fourth-order valence-corrected chi connectivity index (χ4v) is 3.18. The zero-order chi connectivity index (χ0) is 16.2. The van der Waals surface area contributed by atoms with Crippen molar-refractivity contribution in [1.82, 2.24) is 4.90 Å². The number of methoxy groups -OCH3 is 1. The van der Waals surface area contributed by atoms with E-state index in [0.29, 0.717) is 0 Å². The van der Waals surface area contributed by atoms with Crippen LogP contribution in [0.3, 0.4) is 0 Å². The van der Waals surface area contributed by atoms with Gasteiger partial charge in [-0.15, -0.1) is 0 Å². The number of rotatable bonds is 4. The zero-order valence-electron chi connectivity index (χ0n) is 14.4. The highest BCUT2D eigenvalue weighted by Gasteiger charge is 2.17. The molecule has 0 saturated carbocycles. The van der Waals surface area contributed by atoms with Crippen molar-refractivity contribution in [3.63, 3.8) is 0 Å². The molecular weight excluding hydrogens is 284 g/mol. The van der Waals surface area contributed by atoms with Gasteiger partial charge in [0.2, 0.25) is 0 Å². The van der Waals surface area contributed by atoms with Crippen LogP contribution in [0.2, 0.25) is 0 Å². The van der Waals surface area contributed by atoms with Gasteiger partial charge in [-0.3, -0.25) is 0 Å². The first-order valence-corrected chi connectivity index (χ1v) is 8.31. The predicted molar refractivity (Wildman–Crippen MR) is 96.7 cm³/mol. The second kappa shape index (κ2) is 7.05. The molecule has 1 fully saturated rings. The van der Waals surface area contributed by atoms with E-state index in [9.17, 15) is 0 Å². The standard InChI is InChI=1S/C20H26N2O/c1-16-4-9-20(22-12-10-21(2)11-13-22)18(14-16)15-17-5-7-19(23-3)8-6-17/h4-9,14H,10-13,15H2,1-3H3. The molecule has 1 aliphatic heterocycles. The van der Waals surface area contributed by atoms with Gasteiger partial charge in [0.15, 0.2) is 0 Å². The summed E-state index contributed by atoms with van der Waals surface area (Å²) in [7, 11) is 3.91. The maximum Gasteiger partial charge on any atom is 0.118 e. The highest BCUT2D eigenvalue weighted by molar-refractivity contribution is 5.57. The van der Waals surface area contributed by atoms with Crippen molar-refractivity contribution in [1.29, 1.82) is 0 Å². The van der Waals surface area contributed by atoms with Crippen LogP contribution in [-0.4, -0.2) is 45.2 Å². The Bertz CT molecular complexity index is 643. The molecule has 2 aromatic carbocycles. The van der Waals surface area contributed by atoms with E-state index in [0.717, 1.165) is 38.3 Å². The van der Waals surface area contributed by atoms with Gasteiger partial charge in [0.1, 0.15) is 5.75 Å². The van der Waals surface area contributed by atoms with Crippen molar-refractivity contribution in [2.45, 2.75) is 13.3 Å². The summed E-state index contributed by atoms with van der Waals surface area (Å²) in [6.07, 6.45) is 0.966. The number of anilines is 1. The molecule has 0 amide bonds. The van der Waals surface area contributed by atoms with Gasteiger partial charge in [-0.25, -0.2) is 0 Å². The fourth-order valence-electron chi connectivity index (χ4n) is 3.18. The normalized spacial score (nSPS) is 15.7. The van der Waals surface area contributed by atoms with Crippen molar-refractivity contribution >= 4 is 5.69 Å². The second-order valence-corrected chi connectivity index (χ2v) is 6.45. The summed E-state index contributed by atoms with van der Waals surface area (Å²) in [6, 6.07) is 15.3. The third-order valence-corrected chi connectivity index (χ3v) is 4.63. The lowest BCUT2D eigenvalue weighted by Crippen LogP contribution is -2.44. The average Bonchev–Trinajstić information content (AvgIpc) is 2.57. The van der Waals surface area contributed by atoms with Crippen molar-refractivity contribution in [3.8, 4) is 5.75 Å². The van der Waals surface area contributed by atoms with Gasteiger partial charge in [0.25, 0.3) is 0 Å². The van der Waals surface area contributed by atoms with E-state index >= 15 is 0 Å². The highest BCUT2D eigenvalue weighted by atomic mass is 16.5. The molecule has 0 spiro atoms. The average molecular weight is 310 g/mol. The molecule has 3 nitrogen and oxygen atoms in total. The van der Waals surface area contributed by atoms with Crippen molar-refractivity contribution < 1.29 is 4.74 Å². The highest BCUT2D eigenvalue weighted by Crippen LogP contribution is 2.26. The molecule has 0 radical (unpaired) electrons. The Morgan fingerprint density at radius 2 is 1.65 bits per heavy atom. The Morgan fingerprint density at radius 3 is 2.30 bits per heavy atom. The minimum absolute atomic E-state index is 0.914. The SMILES string of the molecule is COc1ccc(Cc2cc(C)ccc2N2CCN(C)CC2)cc1. The van der Waals surface area contributed by atoms with Gasteiger partial charge >= 0.3 is 0 Å². The molecule has 0 aromatic heterocycles. The van der Waals surface area contributed by atoms with E-state index in [1.807, 2.05) is 12.1 Å². The van der Waals surface area contributed by atoms with Crippen LogP contribution in [0.1, 0.15) is 16.7 Å². The fraction of sp³-hybridized carbons (Fsp3) is 0.400. The van der Waals surface area contributed by atoms with Gasteiger partial charge in [0, 0.05) is 31.9 Å². The van der Waals surface area contributed by atoms with Crippen LogP contribution in [0.25, 0.3) is 0 Å². The molecule has 0 N–H and O–H groups in total. The van der Waals surface area contributed by atoms with Crippen molar-refractivity contribution in [2.75, 3.05) is 45.2 Å². The molecule has 122 valence electrons. The van der Waals surface area contributed by atoms with E-state index < -0.39 is 0 Å². The van der Waals surface area contributed by atoms with Crippen molar-refractivity contribution in [3.05, 3.63) is 59.2 Å². The number of hydrogen-bond donors (Lipinski definition) is 0. The predicted octanol–water partition coefficient (Wildman–Crippen LogP) is 3.35. The molecular formula is C20H26N2O. The number of nitrogens with zero attached hydrogens (tertiary/aromatic N) is 2. The summed E-state index contributed by atoms with van der Waals surface area (Å²) in [5.74, 6) is 0.914. The van der Waals surface area contributed by atoms with Gasteiger partial charge < -0.3 is 14.5 Å². The molecule has 1 saturated heterocycles. The van der Waals surface area contributed by atoms with Gasteiger partial charge in [-0.2, -0.15) is 0 Å². The first-order chi connectivity index (χ1) is 11.2. The number of likely N-dealkylation sites (N-methyl/N-ethyl adjacent to an activating group) is 1. The molecule has 3 rings (SSSR count). The molecule has 23 heavy (non-hydrogen) atoms. The largest absolute Gasteiger partial charge is 0.497 e. The topological polar surface area (TPSA) is 15.7 Å². The van der Waals surface area contributed by atoms with Crippen LogP contribution < -0.4 is 9.64 Å². The third kappa shape index (κ3) is 3.85. The Kier molecular flexibility index (Phi) is 4.87. The van der Waals surface area contributed by atoms with Crippen molar-refractivity contribution in [2.24, 2.45) is 0 Å². The van der Waals surface area contributed by atoms with Crippen LogP contribution in [0.15, 0.2) is 42.5 Å². The van der Waals surface area contributed by atoms with E-state index in [2.05, 4.69) is 54.1 Å². The van der Waals surface area contributed by atoms with Crippen LogP contribution in [0.5, 0.6) is 5.75 Å². The first kappa shape index (κ1) is 15.9. The molecule has 0 unspecified atom stereocenters. The first-order valence-electron chi connectivity index (χ1n) is 8.31. The maximum absolute atomic E-state index is 5.25. The van der Waals surface area contributed by atoms with Crippen LogP contribution in [0, 0.1) is 6.92 Å². The summed E-state index contributed by atoms with van der Waals surface area (Å²) in [5.41, 5.74) is 5.46. The number of aryl methyl sites for hydroxylation is 1. The second-order valence-electron chi connectivity index (χ2n) is 6.45. The smallest absolute Gasteiger partial charge is 0.118 e. The van der Waals surface area contributed by atoms with Crippen LogP contribution in [-0.2, 0) is 6.42 Å². The molecule has 0 bridgehead atoms. The summed E-state index contributed by atoms with van der Waals surface area (Å²) in [4.78, 5) is 4.92. The van der Waals surface area contributed by atoms with E-state index in [1.165, 1.54) is 22.4 Å². The van der Waals surface area contributed by atoms with Crippen LogP contribution in [0.4, 0.5) is 5.69 Å². The number of hydrogen-bond acceptors (Lipinski definition) is 3. The number of ether oxygens (including phenoxy) is 1. The Morgan fingerprint density at radius 1 is 0.957 bits per heavy atom. The van der Waals surface area contributed by atoms with E-state index in [1.54, 1.807) is 7.11 Å². The minimum Gasteiger partial charge on any atom is -0.497 e. The maximum atomic E-state index is 5.25. The molecule has 0 atom stereocenters. The molecule has 1 aliphatic rings. The summed E-state index contributed by atoms with van der Waals surface area (Å²) >= 11 is 0. The van der Waals surface area contributed by atoms with Gasteiger partial charge in [-0.05, 0) is 49.7 Å². The monoisotopic (exact) mass is 310 g/mol. The summed E-state index contributed by atoms with van der Waals surface area (Å²) in [5, 5.41) is 0. The molecule has 2 aromatic rings. The Balaban J connectivity index is 1.83. The molecule has 1 heterocycles. The van der Waals surface area contributed by atoms with E-state index in [-0.39, 0.29) is 0 Å². The Hall–Kier alpha value is -2.00. The molecule has 0 aliphatic carbocycles. The lowest BCUT2D eigenvalue weighted by atomic mass is 10.00. The minimum atomic E-state index is 0.914. The third-order valence-electron chi connectivity index (χ3n) is 4.63. The lowest BCUT2D eigenvalue weighted by Gasteiger charge is -2.35. The quantitative estimate of drug-likeness (QED) is 0.861. The summed E-state index contributed by atoms with van der Waals surface area (Å²) < 4.78 is 5.25. The lowest BCUT2D eigenvalue weighted by molar-refractivity contribution is 0.312. The number of benzene rings is 2. The Labute approximate surface area is 139 Å². The number of piperazine rings is 1. The summed E-state index contributed by atoms with van der Waals surface area (Å²) in [6.45, 7) is 6.65. The van der Waals surface area contributed by atoms with Gasteiger partial charge in [-0.1, -0.05) is 29.8 Å². The van der Waals surface area contributed by atoms with Gasteiger partial charge in [0.05, 0.1) is 7.11 Å². The zero-order valence-corrected chi connectivity index (χ0v) is 14.4. The molecule has 3 heteroatoms.